The molecule has 0 amide bonds. The van der Waals surface area contributed by atoms with Crippen molar-refractivity contribution in [2.75, 3.05) is 14.2 Å². The Kier molecular flexibility index (Phi) is 4.15. The van der Waals surface area contributed by atoms with E-state index in [1.54, 1.807) is 20.3 Å². The monoisotopic (exact) mass is 307 g/mol. The fraction of sp³-hybridized carbons (Fsp3) is 0.105. The summed E-state index contributed by atoms with van der Waals surface area (Å²) >= 11 is 0. The van der Waals surface area contributed by atoms with E-state index in [1.807, 2.05) is 60.7 Å². The lowest BCUT2D eigenvalue weighted by atomic mass is 10.1. The van der Waals surface area contributed by atoms with Gasteiger partial charge in [-0.2, -0.15) is 4.73 Å². The second-order valence-electron chi connectivity index (χ2n) is 5.05. The van der Waals surface area contributed by atoms with Gasteiger partial charge in [-0.15, -0.1) is 0 Å². The lowest BCUT2D eigenvalue weighted by Crippen LogP contribution is -2.30. The summed E-state index contributed by atoms with van der Waals surface area (Å²) in [7, 11) is 3.22. The number of pyridine rings is 1. The molecule has 0 fully saturated rings. The van der Waals surface area contributed by atoms with Crippen molar-refractivity contribution in [3.63, 3.8) is 0 Å². The molecule has 4 nitrogen and oxygen atoms in total. The summed E-state index contributed by atoms with van der Waals surface area (Å²) in [6, 6.07) is 16.8. The number of methoxy groups -OCH3 is 2. The molecule has 0 N–H and O–H groups in total. The molecular weight excluding hydrogens is 290 g/mol. The van der Waals surface area contributed by atoms with Gasteiger partial charge in [-0.1, -0.05) is 12.1 Å². The lowest BCUT2D eigenvalue weighted by Gasteiger charge is -2.07. The molecule has 0 bridgehead atoms. The van der Waals surface area contributed by atoms with Gasteiger partial charge in [0.05, 0.1) is 14.2 Å². The van der Waals surface area contributed by atoms with Crippen LogP contribution in [0.3, 0.4) is 0 Å². The second kappa shape index (κ2) is 6.40. The maximum Gasteiger partial charge on any atom is 0.224 e. The van der Waals surface area contributed by atoms with Crippen molar-refractivity contribution in [2.45, 2.75) is 0 Å². The molecule has 0 aliphatic heterocycles. The summed E-state index contributed by atoms with van der Waals surface area (Å²) in [5, 5.41) is 13.3. The van der Waals surface area contributed by atoms with E-state index in [0.717, 1.165) is 21.4 Å². The van der Waals surface area contributed by atoms with Crippen LogP contribution in [0.15, 0.2) is 54.6 Å². The number of para-hydroxylation sites is 1. The summed E-state index contributed by atoms with van der Waals surface area (Å²) in [4.78, 5) is 0. The van der Waals surface area contributed by atoms with Crippen LogP contribution in [0.2, 0.25) is 0 Å². The number of hydrogen-bond donors (Lipinski definition) is 0. The molecule has 0 radical (unpaired) electrons. The van der Waals surface area contributed by atoms with Crippen molar-refractivity contribution in [2.24, 2.45) is 0 Å². The van der Waals surface area contributed by atoms with Crippen molar-refractivity contribution < 1.29 is 14.2 Å². The highest BCUT2D eigenvalue weighted by Crippen LogP contribution is 2.26. The molecule has 23 heavy (non-hydrogen) atoms. The number of ether oxygens (including phenoxy) is 2. The standard InChI is InChI=1S/C19H17NO3/c1-22-17-12-9-15(19(13-17)23-2)8-11-16-10-7-14-5-3-4-6-18(14)20(16)21/h3-13H,1-2H3/b11-8+. The molecule has 3 aromatic rings. The van der Waals surface area contributed by atoms with E-state index in [1.165, 1.54) is 0 Å². The van der Waals surface area contributed by atoms with E-state index < -0.39 is 0 Å². The predicted octanol–water partition coefficient (Wildman–Crippen LogP) is 3.66. The molecule has 3 rings (SSSR count). The van der Waals surface area contributed by atoms with Crippen LogP contribution in [-0.2, 0) is 0 Å². The Morgan fingerprint density at radius 1 is 0.913 bits per heavy atom. The van der Waals surface area contributed by atoms with Gasteiger partial charge in [0, 0.05) is 35.2 Å². The van der Waals surface area contributed by atoms with Crippen LogP contribution in [-0.4, -0.2) is 14.2 Å². The van der Waals surface area contributed by atoms with Gasteiger partial charge >= 0.3 is 0 Å². The van der Waals surface area contributed by atoms with Crippen molar-refractivity contribution in [3.8, 4) is 11.5 Å². The van der Waals surface area contributed by atoms with Crippen molar-refractivity contribution in [1.29, 1.82) is 0 Å². The number of rotatable bonds is 4. The maximum absolute atomic E-state index is 12.4. The van der Waals surface area contributed by atoms with Crippen LogP contribution in [0.1, 0.15) is 11.3 Å². The van der Waals surface area contributed by atoms with Crippen LogP contribution >= 0.6 is 0 Å². The summed E-state index contributed by atoms with van der Waals surface area (Å²) in [5.74, 6) is 1.42. The summed E-state index contributed by atoms with van der Waals surface area (Å²) in [5.41, 5.74) is 2.10. The highest BCUT2D eigenvalue weighted by atomic mass is 16.5. The first kappa shape index (κ1) is 14.9. The van der Waals surface area contributed by atoms with E-state index in [2.05, 4.69) is 0 Å². The Bertz CT molecular complexity index is 872. The summed E-state index contributed by atoms with van der Waals surface area (Å²) in [6.07, 6.45) is 3.64. The average Bonchev–Trinajstić information content (AvgIpc) is 2.61. The third-order valence-corrected chi connectivity index (χ3v) is 3.70. The molecule has 1 aromatic heterocycles. The molecule has 116 valence electrons. The molecule has 0 saturated carbocycles. The quantitative estimate of drug-likeness (QED) is 0.546. The molecule has 1 heterocycles. The number of nitrogens with zero attached hydrogens (tertiary/aromatic N) is 1. The molecule has 4 heteroatoms. The number of hydrogen-bond acceptors (Lipinski definition) is 3. The van der Waals surface area contributed by atoms with E-state index in [4.69, 9.17) is 9.47 Å². The van der Waals surface area contributed by atoms with E-state index >= 15 is 0 Å². The Hall–Kier alpha value is -3.01. The minimum absolute atomic E-state index is 0.571. The number of fused-ring (bicyclic) bond motifs is 1. The average molecular weight is 307 g/mol. The van der Waals surface area contributed by atoms with Crippen LogP contribution in [0.4, 0.5) is 0 Å². The Morgan fingerprint density at radius 2 is 1.74 bits per heavy atom. The SMILES string of the molecule is COc1ccc(/C=C/c2ccc3ccccc3[n+]2[O-])c(OC)c1. The third-order valence-electron chi connectivity index (χ3n) is 3.70. The highest BCUT2D eigenvalue weighted by molar-refractivity contribution is 5.78. The van der Waals surface area contributed by atoms with Crippen molar-refractivity contribution in [1.82, 2.24) is 0 Å². The Balaban J connectivity index is 1.99. The van der Waals surface area contributed by atoms with E-state index in [-0.39, 0.29) is 0 Å². The van der Waals surface area contributed by atoms with Gasteiger partial charge in [-0.3, -0.25) is 0 Å². The summed E-state index contributed by atoms with van der Waals surface area (Å²) < 4.78 is 11.5. The number of aromatic nitrogens is 1. The van der Waals surface area contributed by atoms with E-state index in [9.17, 15) is 5.21 Å². The van der Waals surface area contributed by atoms with Crippen LogP contribution in [0, 0.1) is 5.21 Å². The minimum atomic E-state index is 0.571. The van der Waals surface area contributed by atoms with Gasteiger partial charge in [0.25, 0.3) is 0 Å². The van der Waals surface area contributed by atoms with Crippen LogP contribution in [0.5, 0.6) is 11.5 Å². The fourth-order valence-corrected chi connectivity index (χ4v) is 2.45. The minimum Gasteiger partial charge on any atom is -0.618 e. The van der Waals surface area contributed by atoms with Gasteiger partial charge in [0.2, 0.25) is 11.2 Å². The zero-order valence-corrected chi connectivity index (χ0v) is 13.0. The normalized spacial score (nSPS) is 11.0. The van der Waals surface area contributed by atoms with Gasteiger partial charge in [0.15, 0.2) is 0 Å². The van der Waals surface area contributed by atoms with Gasteiger partial charge in [0.1, 0.15) is 11.5 Å². The molecule has 0 saturated heterocycles. The number of benzene rings is 2. The van der Waals surface area contributed by atoms with E-state index in [0.29, 0.717) is 17.0 Å². The Morgan fingerprint density at radius 3 is 2.52 bits per heavy atom. The first-order valence-electron chi connectivity index (χ1n) is 7.24. The first-order valence-corrected chi connectivity index (χ1v) is 7.24. The highest BCUT2D eigenvalue weighted by Gasteiger charge is 2.08. The molecule has 0 spiro atoms. The molecule has 0 aliphatic carbocycles. The van der Waals surface area contributed by atoms with Crippen LogP contribution in [0.25, 0.3) is 23.1 Å². The molecule has 2 aromatic carbocycles. The van der Waals surface area contributed by atoms with Gasteiger partial charge in [-0.25, -0.2) is 0 Å². The molecule has 0 aliphatic rings. The van der Waals surface area contributed by atoms with Crippen molar-refractivity contribution in [3.05, 3.63) is 71.1 Å². The third kappa shape index (κ3) is 2.97. The smallest absolute Gasteiger partial charge is 0.224 e. The maximum atomic E-state index is 12.4. The first-order chi connectivity index (χ1) is 11.2. The van der Waals surface area contributed by atoms with Gasteiger partial charge in [-0.05, 0) is 30.3 Å². The molecular formula is C19H17NO3. The molecule has 0 unspecified atom stereocenters. The lowest BCUT2D eigenvalue weighted by molar-refractivity contribution is -0.579. The van der Waals surface area contributed by atoms with Gasteiger partial charge < -0.3 is 14.7 Å². The molecule has 0 atom stereocenters. The topological polar surface area (TPSA) is 45.4 Å². The van der Waals surface area contributed by atoms with Crippen LogP contribution < -0.4 is 14.2 Å². The Labute approximate surface area is 134 Å². The zero-order chi connectivity index (χ0) is 16.2. The van der Waals surface area contributed by atoms with Crippen molar-refractivity contribution >= 4 is 23.1 Å². The summed E-state index contributed by atoms with van der Waals surface area (Å²) in [6.45, 7) is 0. The largest absolute Gasteiger partial charge is 0.618 e. The predicted molar refractivity (Wildman–Crippen MR) is 91.4 cm³/mol. The second-order valence-corrected chi connectivity index (χ2v) is 5.05. The zero-order valence-electron chi connectivity index (χ0n) is 13.0. The fourth-order valence-electron chi connectivity index (χ4n) is 2.45.